The first-order chi connectivity index (χ1) is 13.3. The number of fused-ring (bicyclic) bond motifs is 1. The molecule has 1 aliphatic heterocycles. The van der Waals surface area contributed by atoms with Crippen LogP contribution in [-0.2, 0) is 10.1 Å². The number of hydrogen-bond donors (Lipinski definition) is 4. The van der Waals surface area contributed by atoms with Crippen LogP contribution in [0.3, 0.4) is 0 Å². The number of carbonyl (C=O) groups is 1. The van der Waals surface area contributed by atoms with Crippen LogP contribution in [0, 0.1) is 5.82 Å². The van der Waals surface area contributed by atoms with Crippen LogP contribution in [0.15, 0.2) is 65.6 Å². The molecule has 4 rings (SSSR count). The molecule has 1 heterocycles. The lowest BCUT2D eigenvalue weighted by Gasteiger charge is -2.19. The summed E-state index contributed by atoms with van der Waals surface area (Å²) in [5.41, 5.74) is 15.7. The second-order valence-corrected chi connectivity index (χ2v) is 9.56. The maximum atomic E-state index is 13.2. The molecule has 0 radical (unpaired) electrons. The van der Waals surface area contributed by atoms with Gasteiger partial charge in [-0.1, -0.05) is 18.2 Å². The fourth-order valence-corrected chi connectivity index (χ4v) is 5.55. The molecule has 1 unspecified atom stereocenters. The molecule has 0 fully saturated rings. The lowest BCUT2D eigenvalue weighted by atomic mass is 9.93. The Morgan fingerprint density at radius 2 is 1.68 bits per heavy atom. The second-order valence-electron chi connectivity index (χ2n) is 6.97. The van der Waals surface area contributed by atoms with Crippen LogP contribution >= 0.6 is 0 Å². The number of rotatable bonds is 3. The van der Waals surface area contributed by atoms with E-state index in [1.807, 2.05) is 12.1 Å². The molecule has 1 amide bonds. The van der Waals surface area contributed by atoms with Crippen LogP contribution in [-0.4, -0.2) is 16.4 Å². The van der Waals surface area contributed by atoms with Crippen molar-refractivity contribution in [2.45, 2.75) is 10.9 Å². The van der Waals surface area contributed by atoms with Crippen LogP contribution in [0.5, 0.6) is 0 Å². The van der Waals surface area contributed by atoms with Crippen molar-refractivity contribution in [1.29, 1.82) is 0 Å². The maximum absolute atomic E-state index is 13.2. The van der Waals surface area contributed by atoms with Crippen molar-refractivity contribution >= 4 is 21.7 Å². The average molecular weight is 397 g/mol. The number of primary amides is 1. The standard InChI is InChI=1S/C21H20FN3O2S/c1-28(27)19-9-5-14(21(24)26)11-17(19)20(25-28)16-10-13(4-8-18(16)23)12-2-6-15(22)7-3-12/h2-11,20,28H,23H2,1H3,(H2,24,26)(H,25,27). The van der Waals surface area contributed by atoms with Gasteiger partial charge >= 0.3 is 0 Å². The SMILES string of the molecule is C[SH]1(=O)NC(c2cc(-c3ccc(F)cc3)ccc2N)c2cc(C(N)=O)ccc21. The highest BCUT2D eigenvalue weighted by Gasteiger charge is 2.34. The van der Waals surface area contributed by atoms with Gasteiger partial charge in [-0.2, -0.15) is 0 Å². The number of nitrogen functional groups attached to an aromatic ring is 1. The minimum absolute atomic E-state index is 0.309. The zero-order chi connectivity index (χ0) is 20.1. The van der Waals surface area contributed by atoms with Gasteiger partial charge in [0.25, 0.3) is 0 Å². The lowest BCUT2D eigenvalue weighted by Crippen LogP contribution is -2.26. The molecule has 0 aliphatic carbocycles. The van der Waals surface area contributed by atoms with Crippen molar-refractivity contribution in [3.05, 3.63) is 83.2 Å². The fourth-order valence-electron chi connectivity index (χ4n) is 3.60. The molecule has 0 bridgehead atoms. The van der Waals surface area contributed by atoms with Crippen molar-refractivity contribution < 1.29 is 13.4 Å². The van der Waals surface area contributed by atoms with E-state index >= 15 is 0 Å². The third kappa shape index (κ3) is 3.08. The predicted molar refractivity (Wildman–Crippen MR) is 110 cm³/mol. The molecule has 0 aromatic heterocycles. The molecule has 5 nitrogen and oxygen atoms in total. The highest BCUT2D eigenvalue weighted by molar-refractivity contribution is 8.00. The number of amides is 1. The Bertz CT molecular complexity index is 1140. The summed E-state index contributed by atoms with van der Waals surface area (Å²) >= 11 is 0. The Balaban J connectivity index is 1.85. The molecule has 144 valence electrons. The van der Waals surface area contributed by atoms with Gasteiger partial charge in [-0.05, 0) is 74.8 Å². The molecule has 0 spiro atoms. The molecular formula is C21H20FN3O2S. The summed E-state index contributed by atoms with van der Waals surface area (Å²) in [7, 11) is -2.83. The van der Waals surface area contributed by atoms with Gasteiger partial charge in [0.1, 0.15) is 5.82 Å². The van der Waals surface area contributed by atoms with Gasteiger partial charge in [0.05, 0.1) is 6.04 Å². The topological polar surface area (TPSA) is 98.2 Å². The largest absolute Gasteiger partial charge is 0.398 e. The smallest absolute Gasteiger partial charge is 0.248 e. The highest BCUT2D eigenvalue weighted by Crippen LogP contribution is 2.41. The molecule has 3 aromatic carbocycles. The highest BCUT2D eigenvalue weighted by atomic mass is 32.3. The van der Waals surface area contributed by atoms with E-state index in [0.29, 0.717) is 16.1 Å². The number of nitrogens with one attached hydrogen (secondary N) is 1. The summed E-state index contributed by atoms with van der Waals surface area (Å²) in [5, 5.41) is 0. The van der Waals surface area contributed by atoms with Crippen LogP contribution in [0.1, 0.15) is 27.5 Å². The second kappa shape index (κ2) is 6.54. The minimum Gasteiger partial charge on any atom is -0.398 e. The summed E-state index contributed by atoms with van der Waals surface area (Å²) in [4.78, 5) is 12.3. The Hall–Kier alpha value is -3.03. The van der Waals surface area contributed by atoms with Crippen LogP contribution in [0.25, 0.3) is 11.1 Å². The molecule has 28 heavy (non-hydrogen) atoms. The van der Waals surface area contributed by atoms with E-state index in [0.717, 1.165) is 22.3 Å². The molecule has 5 N–H and O–H groups in total. The van der Waals surface area contributed by atoms with E-state index in [-0.39, 0.29) is 5.82 Å². The van der Waals surface area contributed by atoms with Crippen molar-refractivity contribution in [1.82, 2.24) is 4.72 Å². The number of benzene rings is 3. The Kier molecular flexibility index (Phi) is 4.28. The third-order valence-corrected chi connectivity index (χ3v) is 7.11. The lowest BCUT2D eigenvalue weighted by molar-refractivity contribution is 0.1000. The number of carbonyl (C=O) groups excluding carboxylic acids is 1. The predicted octanol–water partition coefficient (Wildman–Crippen LogP) is 2.79. The molecule has 1 atom stereocenters. The summed E-state index contributed by atoms with van der Waals surface area (Å²) in [6, 6.07) is 16.2. The van der Waals surface area contributed by atoms with Gasteiger partial charge < -0.3 is 11.5 Å². The van der Waals surface area contributed by atoms with Gasteiger partial charge in [-0.3, -0.25) is 9.00 Å². The Labute approximate surface area is 163 Å². The molecule has 0 saturated carbocycles. The summed E-state index contributed by atoms with van der Waals surface area (Å²) in [6.07, 6.45) is 1.65. The van der Waals surface area contributed by atoms with E-state index in [1.54, 1.807) is 42.7 Å². The fraction of sp³-hybridized carbons (Fsp3) is 0.0952. The van der Waals surface area contributed by atoms with E-state index in [9.17, 15) is 13.4 Å². The van der Waals surface area contributed by atoms with Crippen molar-refractivity contribution in [2.24, 2.45) is 5.73 Å². The first-order valence-electron chi connectivity index (χ1n) is 8.71. The van der Waals surface area contributed by atoms with Crippen molar-refractivity contribution in [3.63, 3.8) is 0 Å². The number of anilines is 1. The van der Waals surface area contributed by atoms with Gasteiger partial charge in [-0.15, -0.1) is 0 Å². The quantitative estimate of drug-likeness (QED) is 0.404. The van der Waals surface area contributed by atoms with Gasteiger partial charge in [-0.25, -0.2) is 9.11 Å². The number of halogens is 1. The Morgan fingerprint density at radius 1 is 1.00 bits per heavy atom. The molecule has 7 heteroatoms. The normalized spacial score (nSPS) is 18.4. The number of nitrogens with two attached hydrogens (primary N) is 2. The van der Waals surface area contributed by atoms with Gasteiger partial charge in [0.2, 0.25) is 5.91 Å². The monoisotopic (exact) mass is 397 g/mol. The van der Waals surface area contributed by atoms with E-state index in [1.165, 1.54) is 12.1 Å². The summed E-state index contributed by atoms with van der Waals surface area (Å²) in [6.45, 7) is 0. The van der Waals surface area contributed by atoms with E-state index < -0.39 is 22.1 Å². The Morgan fingerprint density at radius 3 is 2.36 bits per heavy atom. The zero-order valence-corrected chi connectivity index (χ0v) is 16.0. The summed E-state index contributed by atoms with van der Waals surface area (Å²) < 4.78 is 29.5. The minimum atomic E-state index is -2.83. The molecule has 0 saturated heterocycles. The summed E-state index contributed by atoms with van der Waals surface area (Å²) in [5.74, 6) is -0.857. The van der Waals surface area contributed by atoms with Gasteiger partial charge in [0.15, 0.2) is 0 Å². The van der Waals surface area contributed by atoms with Crippen molar-refractivity contribution in [3.8, 4) is 11.1 Å². The molecule has 3 aromatic rings. The third-order valence-electron chi connectivity index (χ3n) is 5.03. The van der Waals surface area contributed by atoms with Crippen LogP contribution in [0.2, 0.25) is 0 Å². The maximum Gasteiger partial charge on any atom is 0.248 e. The zero-order valence-electron chi connectivity index (χ0n) is 15.1. The van der Waals surface area contributed by atoms with Gasteiger partial charge in [0, 0.05) is 22.4 Å². The number of thiol groups is 1. The molecular weight excluding hydrogens is 377 g/mol. The average Bonchev–Trinajstić information content (AvgIpc) is 2.93. The van der Waals surface area contributed by atoms with E-state index in [2.05, 4.69) is 4.72 Å². The van der Waals surface area contributed by atoms with Crippen molar-refractivity contribution in [2.75, 3.05) is 12.0 Å². The first kappa shape index (κ1) is 18.3. The number of hydrogen-bond acceptors (Lipinski definition) is 3. The van der Waals surface area contributed by atoms with Crippen LogP contribution < -0.4 is 16.2 Å². The molecule has 1 aliphatic rings. The first-order valence-corrected chi connectivity index (χ1v) is 10.9. The van der Waals surface area contributed by atoms with Crippen LogP contribution in [0.4, 0.5) is 10.1 Å². The van der Waals surface area contributed by atoms with E-state index in [4.69, 9.17) is 11.5 Å².